The largest absolute Gasteiger partial charge is 0.491 e. The van der Waals surface area contributed by atoms with Crippen molar-refractivity contribution in [3.8, 4) is 5.75 Å². The number of nitrogens with one attached hydrogen (secondary N) is 1. The van der Waals surface area contributed by atoms with E-state index in [1.54, 1.807) is 6.92 Å². The SMILES string of the molecule is Cc1ccc(F)cc1S(=O)(=O)NC1CCN(Cc2ccc(OC(C)C)cc2)C1. The molecule has 0 aromatic heterocycles. The molecule has 1 atom stereocenters. The molecule has 1 aliphatic rings. The monoisotopic (exact) mass is 406 g/mol. The van der Waals surface area contributed by atoms with Crippen molar-refractivity contribution >= 4 is 10.0 Å². The summed E-state index contributed by atoms with van der Waals surface area (Å²) in [4.78, 5) is 2.22. The predicted octanol–water partition coefficient (Wildman–Crippen LogP) is 3.47. The van der Waals surface area contributed by atoms with Gasteiger partial charge in [0.15, 0.2) is 0 Å². The summed E-state index contributed by atoms with van der Waals surface area (Å²) in [6.07, 6.45) is 0.863. The third-order valence-corrected chi connectivity index (χ3v) is 6.40. The number of ether oxygens (including phenoxy) is 1. The van der Waals surface area contributed by atoms with Gasteiger partial charge in [-0.25, -0.2) is 17.5 Å². The first-order valence-electron chi connectivity index (χ1n) is 9.49. The number of sulfonamides is 1. The molecule has 1 N–H and O–H groups in total. The first-order valence-corrected chi connectivity index (χ1v) is 11.0. The van der Waals surface area contributed by atoms with Gasteiger partial charge in [-0.1, -0.05) is 18.2 Å². The minimum atomic E-state index is -3.74. The first kappa shape index (κ1) is 20.8. The number of hydrogen-bond donors (Lipinski definition) is 1. The van der Waals surface area contributed by atoms with Crippen LogP contribution in [0.3, 0.4) is 0 Å². The minimum absolute atomic E-state index is 0.00620. The number of likely N-dealkylation sites (tertiary alicyclic amines) is 1. The standard InChI is InChI=1S/C21H27FN2O3S/c1-15(2)27-20-8-5-17(6-9-20)13-24-11-10-19(14-24)23-28(25,26)21-12-18(22)7-4-16(21)3/h4-9,12,15,19,23H,10-11,13-14H2,1-3H3. The van der Waals surface area contributed by atoms with Crippen LogP contribution in [0.4, 0.5) is 4.39 Å². The lowest BCUT2D eigenvalue weighted by molar-refractivity contribution is 0.242. The van der Waals surface area contributed by atoms with E-state index in [9.17, 15) is 12.8 Å². The lowest BCUT2D eigenvalue weighted by atomic mass is 10.2. The molecule has 7 heteroatoms. The molecule has 0 bridgehead atoms. The maximum absolute atomic E-state index is 13.5. The molecule has 3 rings (SSSR count). The second-order valence-electron chi connectivity index (χ2n) is 7.56. The van der Waals surface area contributed by atoms with Crippen LogP contribution in [0.15, 0.2) is 47.4 Å². The van der Waals surface area contributed by atoms with Crippen LogP contribution in [0.25, 0.3) is 0 Å². The summed E-state index contributed by atoms with van der Waals surface area (Å²) < 4.78 is 47.2. The molecular weight excluding hydrogens is 379 g/mol. The summed E-state index contributed by atoms with van der Waals surface area (Å²) in [7, 11) is -3.74. The van der Waals surface area contributed by atoms with Crippen molar-refractivity contribution in [2.75, 3.05) is 13.1 Å². The minimum Gasteiger partial charge on any atom is -0.491 e. The van der Waals surface area contributed by atoms with Crippen LogP contribution < -0.4 is 9.46 Å². The van der Waals surface area contributed by atoms with Gasteiger partial charge in [-0.05, 0) is 62.6 Å². The molecule has 0 spiro atoms. The van der Waals surface area contributed by atoms with Crippen LogP contribution >= 0.6 is 0 Å². The number of aryl methyl sites for hydroxylation is 1. The Balaban J connectivity index is 1.58. The van der Waals surface area contributed by atoms with Crippen molar-refractivity contribution < 1.29 is 17.5 Å². The quantitative estimate of drug-likeness (QED) is 0.765. The molecule has 1 saturated heterocycles. The summed E-state index contributed by atoms with van der Waals surface area (Å²) in [5.74, 6) is 0.292. The van der Waals surface area contributed by atoms with Gasteiger partial charge in [0.25, 0.3) is 0 Å². The molecule has 5 nitrogen and oxygen atoms in total. The van der Waals surface area contributed by atoms with E-state index in [2.05, 4.69) is 9.62 Å². The Labute approximate surface area is 166 Å². The first-order chi connectivity index (χ1) is 13.2. The van der Waals surface area contributed by atoms with E-state index in [4.69, 9.17) is 4.74 Å². The maximum Gasteiger partial charge on any atom is 0.241 e. The molecule has 1 unspecified atom stereocenters. The molecule has 1 fully saturated rings. The van der Waals surface area contributed by atoms with Crippen LogP contribution in [-0.2, 0) is 16.6 Å². The van der Waals surface area contributed by atoms with Crippen molar-refractivity contribution in [1.82, 2.24) is 9.62 Å². The zero-order chi connectivity index (χ0) is 20.3. The second-order valence-corrected chi connectivity index (χ2v) is 9.24. The molecule has 0 aliphatic carbocycles. The normalized spacial score (nSPS) is 18.0. The Hall–Kier alpha value is -1.96. The van der Waals surface area contributed by atoms with Gasteiger partial charge in [-0.3, -0.25) is 4.90 Å². The van der Waals surface area contributed by atoms with Crippen molar-refractivity contribution in [3.63, 3.8) is 0 Å². The Morgan fingerprint density at radius 1 is 1.21 bits per heavy atom. The summed E-state index contributed by atoms with van der Waals surface area (Å²) in [6, 6.07) is 11.6. The molecule has 2 aromatic rings. The Bertz CT molecular complexity index is 914. The average molecular weight is 407 g/mol. The van der Waals surface area contributed by atoms with Gasteiger partial charge in [-0.15, -0.1) is 0 Å². The van der Waals surface area contributed by atoms with Gasteiger partial charge in [0, 0.05) is 25.7 Å². The Kier molecular flexibility index (Phi) is 6.37. The zero-order valence-corrected chi connectivity index (χ0v) is 17.3. The smallest absolute Gasteiger partial charge is 0.241 e. The molecule has 0 radical (unpaired) electrons. The molecule has 152 valence electrons. The van der Waals surface area contributed by atoms with Crippen molar-refractivity contribution in [3.05, 3.63) is 59.4 Å². The number of hydrogen-bond acceptors (Lipinski definition) is 4. The highest BCUT2D eigenvalue weighted by atomic mass is 32.2. The van der Waals surface area contributed by atoms with Gasteiger partial charge in [0.1, 0.15) is 11.6 Å². The van der Waals surface area contributed by atoms with E-state index in [-0.39, 0.29) is 17.0 Å². The Morgan fingerprint density at radius 2 is 1.93 bits per heavy atom. The van der Waals surface area contributed by atoms with E-state index in [0.717, 1.165) is 36.9 Å². The lowest BCUT2D eigenvalue weighted by Gasteiger charge is -2.18. The van der Waals surface area contributed by atoms with E-state index in [1.165, 1.54) is 12.1 Å². The summed E-state index contributed by atoms with van der Waals surface area (Å²) in [5, 5.41) is 0. The van der Waals surface area contributed by atoms with Crippen molar-refractivity contribution in [1.29, 1.82) is 0 Å². The van der Waals surface area contributed by atoms with E-state index in [0.29, 0.717) is 12.1 Å². The fourth-order valence-corrected chi connectivity index (χ4v) is 4.94. The van der Waals surface area contributed by atoms with Crippen molar-refractivity contribution in [2.45, 2.75) is 50.8 Å². The summed E-state index contributed by atoms with van der Waals surface area (Å²) in [6.45, 7) is 7.83. The molecule has 0 amide bonds. The fraction of sp³-hybridized carbons (Fsp3) is 0.429. The number of benzene rings is 2. The number of rotatable bonds is 7. The lowest BCUT2D eigenvalue weighted by Crippen LogP contribution is -2.37. The van der Waals surface area contributed by atoms with Gasteiger partial charge in [0.2, 0.25) is 10.0 Å². The third-order valence-electron chi connectivity index (χ3n) is 4.74. The molecule has 28 heavy (non-hydrogen) atoms. The van der Waals surface area contributed by atoms with Crippen LogP contribution in [-0.4, -0.2) is 38.6 Å². The molecule has 1 heterocycles. The van der Waals surface area contributed by atoms with Gasteiger partial charge < -0.3 is 4.74 Å². The highest BCUT2D eigenvalue weighted by Crippen LogP contribution is 2.21. The van der Waals surface area contributed by atoms with E-state index in [1.807, 2.05) is 38.1 Å². The highest BCUT2D eigenvalue weighted by Gasteiger charge is 2.28. The predicted molar refractivity (Wildman–Crippen MR) is 107 cm³/mol. The van der Waals surface area contributed by atoms with Gasteiger partial charge >= 0.3 is 0 Å². The summed E-state index contributed by atoms with van der Waals surface area (Å²) >= 11 is 0. The molecule has 0 saturated carbocycles. The molecule has 2 aromatic carbocycles. The number of nitrogens with zero attached hydrogens (tertiary/aromatic N) is 1. The van der Waals surface area contributed by atoms with Crippen LogP contribution in [0.1, 0.15) is 31.4 Å². The number of halogens is 1. The van der Waals surface area contributed by atoms with Gasteiger partial charge in [0.05, 0.1) is 11.0 Å². The van der Waals surface area contributed by atoms with Crippen LogP contribution in [0.2, 0.25) is 0 Å². The van der Waals surface area contributed by atoms with Gasteiger partial charge in [-0.2, -0.15) is 0 Å². The van der Waals surface area contributed by atoms with Crippen molar-refractivity contribution in [2.24, 2.45) is 0 Å². The topological polar surface area (TPSA) is 58.6 Å². The second kappa shape index (κ2) is 8.59. The van der Waals surface area contributed by atoms with E-state index < -0.39 is 15.8 Å². The molecule has 1 aliphatic heterocycles. The fourth-order valence-electron chi connectivity index (χ4n) is 3.42. The van der Waals surface area contributed by atoms with Crippen LogP contribution in [0.5, 0.6) is 5.75 Å². The maximum atomic E-state index is 13.5. The average Bonchev–Trinajstić information content (AvgIpc) is 3.04. The van der Waals surface area contributed by atoms with E-state index >= 15 is 0 Å². The summed E-state index contributed by atoms with van der Waals surface area (Å²) in [5.41, 5.74) is 1.69. The third kappa shape index (κ3) is 5.31. The van der Waals surface area contributed by atoms with Crippen LogP contribution in [0, 0.1) is 12.7 Å². The highest BCUT2D eigenvalue weighted by molar-refractivity contribution is 7.89. The zero-order valence-electron chi connectivity index (χ0n) is 16.5. The molecular formula is C21H27FN2O3S. The Morgan fingerprint density at radius 3 is 2.61 bits per heavy atom.